The number of benzene rings is 2. The summed E-state index contributed by atoms with van der Waals surface area (Å²) in [5.41, 5.74) is 1.14. The summed E-state index contributed by atoms with van der Waals surface area (Å²) in [6, 6.07) is 11.6. The van der Waals surface area contributed by atoms with Gasteiger partial charge < -0.3 is 24.8 Å². The zero-order valence-corrected chi connectivity index (χ0v) is 20.8. The number of imidazole rings is 1. The molecule has 1 atom stereocenters. The second-order valence-electron chi connectivity index (χ2n) is 8.34. The van der Waals surface area contributed by atoms with Crippen LogP contribution in [0.1, 0.15) is 12.8 Å². The Hall–Kier alpha value is -3.56. The molecular weight excluding hydrogens is 505 g/mol. The second-order valence-corrected chi connectivity index (χ2v) is 9.21. The molecule has 2 aromatic carbocycles. The van der Waals surface area contributed by atoms with E-state index in [4.69, 9.17) is 27.9 Å². The number of aromatic nitrogens is 2. The molecule has 1 aliphatic rings. The van der Waals surface area contributed by atoms with Gasteiger partial charge in [0.15, 0.2) is 6.61 Å². The van der Waals surface area contributed by atoms with E-state index in [1.165, 1.54) is 0 Å². The summed E-state index contributed by atoms with van der Waals surface area (Å²) in [4.78, 5) is 42.8. The Labute approximate surface area is 218 Å². The van der Waals surface area contributed by atoms with Gasteiger partial charge in [0.05, 0.1) is 12.2 Å². The first-order valence-corrected chi connectivity index (χ1v) is 12.2. The van der Waals surface area contributed by atoms with E-state index in [9.17, 15) is 14.4 Å². The first-order chi connectivity index (χ1) is 17.4. The highest BCUT2D eigenvalue weighted by Crippen LogP contribution is 2.27. The number of carbonyl (C=O) groups excluding carboxylic acids is 3. The number of nitrogens with one attached hydrogen (secondary N) is 2. The molecule has 1 saturated heterocycles. The largest absolute Gasteiger partial charge is 0.484 e. The van der Waals surface area contributed by atoms with E-state index >= 15 is 0 Å². The average Bonchev–Trinajstić information content (AvgIpc) is 3.50. The molecule has 0 bridgehead atoms. The SMILES string of the molecule is O=C(COc1ccc(N2C[C@@H](C(=O)NCCCn3ccnc3)CC2=O)cc1)Nc1cc(Cl)cc(Cl)c1. The van der Waals surface area contributed by atoms with Crippen molar-refractivity contribution in [1.29, 1.82) is 0 Å². The molecular formula is C25H25Cl2N5O4. The van der Waals surface area contributed by atoms with Gasteiger partial charge in [0.2, 0.25) is 11.8 Å². The number of nitrogens with zero attached hydrogens (tertiary/aromatic N) is 3. The van der Waals surface area contributed by atoms with Crippen LogP contribution in [0.25, 0.3) is 0 Å². The molecule has 2 heterocycles. The van der Waals surface area contributed by atoms with Gasteiger partial charge in [-0.3, -0.25) is 14.4 Å². The van der Waals surface area contributed by atoms with Gasteiger partial charge in [-0.1, -0.05) is 23.2 Å². The summed E-state index contributed by atoms with van der Waals surface area (Å²) in [6.07, 6.45) is 6.26. The summed E-state index contributed by atoms with van der Waals surface area (Å²) in [5.74, 6) is -0.529. The molecule has 3 amide bonds. The van der Waals surface area contributed by atoms with Crippen LogP contribution in [0.4, 0.5) is 11.4 Å². The van der Waals surface area contributed by atoms with Crippen molar-refractivity contribution in [1.82, 2.24) is 14.9 Å². The Balaban J connectivity index is 1.22. The molecule has 1 aliphatic heterocycles. The van der Waals surface area contributed by atoms with Crippen molar-refractivity contribution >= 4 is 52.3 Å². The van der Waals surface area contributed by atoms with Crippen LogP contribution in [0, 0.1) is 5.92 Å². The quantitative estimate of drug-likeness (QED) is 0.389. The summed E-state index contributed by atoms with van der Waals surface area (Å²) < 4.78 is 7.48. The summed E-state index contributed by atoms with van der Waals surface area (Å²) >= 11 is 11.9. The van der Waals surface area contributed by atoms with Crippen molar-refractivity contribution in [3.63, 3.8) is 0 Å². The third kappa shape index (κ3) is 6.99. The van der Waals surface area contributed by atoms with Crippen LogP contribution >= 0.6 is 23.2 Å². The zero-order valence-electron chi connectivity index (χ0n) is 19.3. The van der Waals surface area contributed by atoms with E-state index in [2.05, 4.69) is 15.6 Å². The van der Waals surface area contributed by atoms with E-state index in [1.54, 1.807) is 59.9 Å². The molecule has 36 heavy (non-hydrogen) atoms. The fourth-order valence-electron chi connectivity index (χ4n) is 3.86. The third-order valence-corrected chi connectivity index (χ3v) is 6.05. The number of rotatable bonds is 10. The first kappa shape index (κ1) is 25.5. The highest BCUT2D eigenvalue weighted by molar-refractivity contribution is 6.35. The zero-order chi connectivity index (χ0) is 25.5. The predicted octanol–water partition coefficient (Wildman–Crippen LogP) is 3.77. The lowest BCUT2D eigenvalue weighted by Gasteiger charge is -2.17. The molecule has 2 N–H and O–H groups in total. The molecule has 0 unspecified atom stereocenters. The molecule has 1 fully saturated rings. The number of ether oxygens (including phenoxy) is 1. The summed E-state index contributed by atoms with van der Waals surface area (Å²) in [7, 11) is 0. The van der Waals surface area contributed by atoms with E-state index < -0.39 is 5.92 Å². The van der Waals surface area contributed by atoms with Crippen LogP contribution in [-0.4, -0.2) is 47.0 Å². The summed E-state index contributed by atoms with van der Waals surface area (Å²) in [5, 5.41) is 6.41. The normalized spacial score (nSPS) is 15.1. The maximum Gasteiger partial charge on any atom is 0.262 e. The Bertz CT molecular complexity index is 1200. The number of hydrogen-bond acceptors (Lipinski definition) is 5. The molecule has 9 nitrogen and oxygen atoms in total. The van der Waals surface area contributed by atoms with Crippen molar-refractivity contribution in [2.45, 2.75) is 19.4 Å². The minimum Gasteiger partial charge on any atom is -0.484 e. The highest BCUT2D eigenvalue weighted by atomic mass is 35.5. The van der Waals surface area contributed by atoms with E-state index in [0.717, 1.165) is 13.0 Å². The molecule has 0 aliphatic carbocycles. The van der Waals surface area contributed by atoms with E-state index in [0.29, 0.717) is 40.3 Å². The van der Waals surface area contributed by atoms with E-state index in [-0.39, 0.29) is 30.7 Å². The Kier molecular flexibility index (Phi) is 8.45. The third-order valence-electron chi connectivity index (χ3n) is 5.61. The Morgan fingerprint density at radius 3 is 2.56 bits per heavy atom. The van der Waals surface area contributed by atoms with Gasteiger partial charge in [0.1, 0.15) is 5.75 Å². The lowest BCUT2D eigenvalue weighted by molar-refractivity contribution is -0.126. The molecule has 0 radical (unpaired) electrons. The van der Waals surface area contributed by atoms with Gasteiger partial charge in [0.25, 0.3) is 5.91 Å². The van der Waals surface area contributed by atoms with Crippen LogP contribution in [0.15, 0.2) is 61.2 Å². The van der Waals surface area contributed by atoms with Crippen LogP contribution < -0.4 is 20.3 Å². The molecule has 4 rings (SSSR count). The Morgan fingerprint density at radius 1 is 1.11 bits per heavy atom. The van der Waals surface area contributed by atoms with E-state index in [1.807, 2.05) is 10.8 Å². The maximum absolute atomic E-state index is 12.5. The number of halogens is 2. The second kappa shape index (κ2) is 11.9. The number of anilines is 2. The van der Waals surface area contributed by atoms with Gasteiger partial charge in [-0.2, -0.15) is 0 Å². The molecule has 0 saturated carbocycles. The standard InChI is InChI=1S/C25H25Cl2N5O4/c26-18-11-19(27)13-20(12-18)30-23(33)15-36-22-4-2-21(3-5-22)32-14-17(10-24(32)34)25(35)29-6-1-8-31-9-7-28-16-31/h2-5,7,9,11-13,16-17H,1,6,8,10,14-15H2,(H,29,35)(H,30,33)/t17-/m0/s1. The van der Waals surface area contributed by atoms with Gasteiger partial charge in [-0.25, -0.2) is 4.98 Å². The monoisotopic (exact) mass is 529 g/mol. The maximum atomic E-state index is 12.5. The van der Waals surface area contributed by atoms with Crippen LogP contribution in [0.3, 0.4) is 0 Å². The number of hydrogen-bond donors (Lipinski definition) is 2. The lowest BCUT2D eigenvalue weighted by atomic mass is 10.1. The number of carbonyl (C=O) groups is 3. The minimum atomic E-state index is -0.398. The van der Waals surface area contributed by atoms with Crippen molar-refractivity contribution in [3.05, 3.63) is 71.2 Å². The first-order valence-electron chi connectivity index (χ1n) is 11.4. The van der Waals surface area contributed by atoms with Crippen LogP contribution in [0.2, 0.25) is 10.0 Å². The fraction of sp³-hybridized carbons (Fsp3) is 0.280. The van der Waals surface area contributed by atoms with Crippen molar-refractivity contribution < 1.29 is 19.1 Å². The average molecular weight is 530 g/mol. The summed E-state index contributed by atoms with van der Waals surface area (Å²) in [6.45, 7) is 1.40. The van der Waals surface area contributed by atoms with Crippen molar-refractivity contribution in [2.24, 2.45) is 5.92 Å². The molecule has 1 aromatic heterocycles. The topological polar surface area (TPSA) is 106 Å². The molecule has 11 heteroatoms. The Morgan fingerprint density at radius 2 is 1.86 bits per heavy atom. The predicted molar refractivity (Wildman–Crippen MR) is 137 cm³/mol. The van der Waals surface area contributed by atoms with Crippen molar-refractivity contribution in [2.75, 3.05) is 29.9 Å². The molecule has 3 aromatic rings. The smallest absolute Gasteiger partial charge is 0.262 e. The van der Waals surface area contributed by atoms with Crippen LogP contribution in [-0.2, 0) is 20.9 Å². The molecule has 0 spiro atoms. The van der Waals surface area contributed by atoms with Gasteiger partial charge >= 0.3 is 0 Å². The van der Waals surface area contributed by atoms with Gasteiger partial charge in [0, 0.05) is 59.9 Å². The molecule has 188 valence electrons. The highest BCUT2D eigenvalue weighted by Gasteiger charge is 2.34. The van der Waals surface area contributed by atoms with Crippen molar-refractivity contribution in [3.8, 4) is 5.75 Å². The minimum absolute atomic E-state index is 0.109. The van der Waals surface area contributed by atoms with Gasteiger partial charge in [-0.05, 0) is 48.9 Å². The number of amides is 3. The number of aryl methyl sites for hydroxylation is 1. The fourth-order valence-corrected chi connectivity index (χ4v) is 4.39. The van der Waals surface area contributed by atoms with Gasteiger partial charge in [-0.15, -0.1) is 0 Å². The lowest BCUT2D eigenvalue weighted by Crippen LogP contribution is -2.33. The van der Waals surface area contributed by atoms with Crippen LogP contribution in [0.5, 0.6) is 5.75 Å².